The first kappa shape index (κ1) is 8.44. The molecule has 0 spiro atoms. The summed E-state index contributed by atoms with van der Waals surface area (Å²) in [4.78, 5) is 0. The predicted molar refractivity (Wildman–Crippen MR) is 41.1 cm³/mol. The molecule has 0 aromatic heterocycles. The van der Waals surface area contributed by atoms with Crippen LogP contribution in [0.2, 0.25) is 0 Å². The molecule has 2 saturated heterocycles. The van der Waals surface area contributed by atoms with Gasteiger partial charge in [0.25, 0.3) is 0 Å². The molecule has 0 saturated carbocycles. The zero-order valence-corrected chi connectivity index (χ0v) is 7.36. The van der Waals surface area contributed by atoms with Gasteiger partial charge in [-0.3, -0.25) is 0 Å². The average molecular weight is 174 g/mol. The Bertz CT molecular complexity index is 143. The summed E-state index contributed by atoms with van der Waals surface area (Å²) in [5.41, 5.74) is 0. The first-order chi connectivity index (χ1) is 5.86. The van der Waals surface area contributed by atoms with Gasteiger partial charge in [-0.25, -0.2) is 0 Å². The van der Waals surface area contributed by atoms with Crippen LogP contribution in [0.3, 0.4) is 0 Å². The monoisotopic (exact) mass is 174 g/mol. The van der Waals surface area contributed by atoms with Gasteiger partial charge in [-0.05, 0) is 0 Å². The number of methoxy groups -OCH3 is 2. The topological polar surface area (TPSA) is 36.9 Å². The molecule has 0 aliphatic carbocycles. The van der Waals surface area contributed by atoms with Gasteiger partial charge < -0.3 is 18.9 Å². The van der Waals surface area contributed by atoms with Crippen LogP contribution in [-0.2, 0) is 18.9 Å². The molecule has 2 rings (SSSR count). The Morgan fingerprint density at radius 1 is 0.917 bits per heavy atom. The largest absolute Gasteiger partial charge is 0.376 e. The van der Waals surface area contributed by atoms with E-state index in [0.29, 0.717) is 13.2 Å². The summed E-state index contributed by atoms with van der Waals surface area (Å²) in [5, 5.41) is 0. The van der Waals surface area contributed by atoms with E-state index in [1.54, 1.807) is 14.2 Å². The van der Waals surface area contributed by atoms with Gasteiger partial charge >= 0.3 is 0 Å². The van der Waals surface area contributed by atoms with E-state index in [9.17, 15) is 0 Å². The Hall–Kier alpha value is -0.160. The van der Waals surface area contributed by atoms with Crippen LogP contribution in [0.4, 0.5) is 0 Å². The minimum Gasteiger partial charge on any atom is -0.376 e. The van der Waals surface area contributed by atoms with E-state index < -0.39 is 0 Å². The van der Waals surface area contributed by atoms with Crippen molar-refractivity contribution in [1.82, 2.24) is 0 Å². The van der Waals surface area contributed by atoms with E-state index in [2.05, 4.69) is 0 Å². The van der Waals surface area contributed by atoms with Gasteiger partial charge in [-0.2, -0.15) is 0 Å². The highest BCUT2D eigenvalue weighted by Gasteiger charge is 2.48. The molecule has 12 heavy (non-hydrogen) atoms. The summed E-state index contributed by atoms with van der Waals surface area (Å²) < 4.78 is 21.4. The summed E-state index contributed by atoms with van der Waals surface area (Å²) in [6.45, 7) is 1.23. The molecule has 2 fully saturated rings. The highest BCUT2D eigenvalue weighted by Crippen LogP contribution is 2.29. The van der Waals surface area contributed by atoms with Gasteiger partial charge in [0.05, 0.1) is 13.2 Å². The lowest BCUT2D eigenvalue weighted by molar-refractivity contribution is -0.0267. The maximum absolute atomic E-state index is 5.51. The van der Waals surface area contributed by atoms with Gasteiger partial charge in [-0.1, -0.05) is 0 Å². The van der Waals surface area contributed by atoms with Crippen molar-refractivity contribution in [3.8, 4) is 0 Å². The second-order valence-corrected chi connectivity index (χ2v) is 3.14. The average Bonchev–Trinajstić information content (AvgIpc) is 2.62. The van der Waals surface area contributed by atoms with E-state index in [0.717, 1.165) is 0 Å². The number of hydrogen-bond acceptors (Lipinski definition) is 4. The normalized spacial score (nSPS) is 46.5. The van der Waals surface area contributed by atoms with E-state index in [4.69, 9.17) is 18.9 Å². The molecule has 2 unspecified atom stereocenters. The third-order valence-electron chi connectivity index (χ3n) is 2.57. The van der Waals surface area contributed by atoms with Crippen LogP contribution >= 0.6 is 0 Å². The molecule has 4 atom stereocenters. The molecule has 2 aliphatic heterocycles. The fourth-order valence-electron chi connectivity index (χ4n) is 1.83. The quantitative estimate of drug-likeness (QED) is 0.581. The Kier molecular flexibility index (Phi) is 2.32. The molecular formula is C8H14O4. The fourth-order valence-corrected chi connectivity index (χ4v) is 1.83. The van der Waals surface area contributed by atoms with E-state index >= 15 is 0 Å². The number of ether oxygens (including phenoxy) is 4. The summed E-state index contributed by atoms with van der Waals surface area (Å²) in [6, 6.07) is 0. The SMILES string of the molecule is COC1CO[C@H]2C(OC)CO[C@@H]12. The van der Waals surface area contributed by atoms with Crippen molar-refractivity contribution in [2.75, 3.05) is 27.4 Å². The third-order valence-corrected chi connectivity index (χ3v) is 2.57. The minimum atomic E-state index is 0.0694. The lowest BCUT2D eigenvalue weighted by Crippen LogP contribution is -2.32. The van der Waals surface area contributed by atoms with Crippen LogP contribution < -0.4 is 0 Å². The highest BCUT2D eigenvalue weighted by molar-refractivity contribution is 4.95. The zero-order valence-electron chi connectivity index (χ0n) is 7.36. The smallest absolute Gasteiger partial charge is 0.115 e. The van der Waals surface area contributed by atoms with Crippen molar-refractivity contribution >= 4 is 0 Å². The zero-order chi connectivity index (χ0) is 8.55. The first-order valence-corrected chi connectivity index (χ1v) is 4.15. The molecule has 0 aromatic carbocycles. The van der Waals surface area contributed by atoms with Crippen LogP contribution in [0.1, 0.15) is 0 Å². The fraction of sp³-hybridized carbons (Fsp3) is 1.00. The van der Waals surface area contributed by atoms with Gasteiger partial charge in [0.2, 0.25) is 0 Å². The standard InChI is InChI=1S/C8H14O4/c1-9-5-3-11-8-6(10-2)4-12-7(5)8/h5-8H,3-4H2,1-2H3/t5?,6?,7-,8-/m0/s1. The lowest BCUT2D eigenvalue weighted by Gasteiger charge is -2.14. The van der Waals surface area contributed by atoms with Crippen molar-refractivity contribution in [3.05, 3.63) is 0 Å². The van der Waals surface area contributed by atoms with Crippen LogP contribution in [0.15, 0.2) is 0 Å². The summed E-state index contributed by atoms with van der Waals surface area (Å²) in [5.74, 6) is 0. The number of hydrogen-bond donors (Lipinski definition) is 0. The Morgan fingerprint density at radius 2 is 1.33 bits per heavy atom. The van der Waals surface area contributed by atoms with E-state index in [1.807, 2.05) is 0 Å². The molecule has 0 bridgehead atoms. The minimum absolute atomic E-state index is 0.0694. The lowest BCUT2D eigenvalue weighted by atomic mass is 10.1. The van der Waals surface area contributed by atoms with Crippen LogP contribution in [0, 0.1) is 0 Å². The van der Waals surface area contributed by atoms with E-state index in [-0.39, 0.29) is 24.4 Å². The molecule has 70 valence electrons. The summed E-state index contributed by atoms with van der Waals surface area (Å²) in [6.07, 6.45) is 0.296. The first-order valence-electron chi connectivity index (χ1n) is 4.15. The molecule has 4 nitrogen and oxygen atoms in total. The molecule has 4 heteroatoms. The van der Waals surface area contributed by atoms with E-state index in [1.165, 1.54) is 0 Å². The van der Waals surface area contributed by atoms with Crippen LogP contribution in [0.25, 0.3) is 0 Å². The second kappa shape index (κ2) is 3.30. The Morgan fingerprint density at radius 3 is 1.67 bits per heavy atom. The van der Waals surface area contributed by atoms with Crippen molar-refractivity contribution < 1.29 is 18.9 Å². The van der Waals surface area contributed by atoms with Crippen molar-refractivity contribution in [2.24, 2.45) is 0 Å². The molecular weight excluding hydrogens is 160 g/mol. The molecule has 2 aliphatic rings. The maximum Gasteiger partial charge on any atom is 0.115 e. The van der Waals surface area contributed by atoms with Crippen molar-refractivity contribution in [3.63, 3.8) is 0 Å². The van der Waals surface area contributed by atoms with Gasteiger partial charge in [0, 0.05) is 14.2 Å². The predicted octanol–water partition coefficient (Wildman–Crippen LogP) is -0.186. The van der Waals surface area contributed by atoms with Crippen molar-refractivity contribution in [1.29, 1.82) is 0 Å². The van der Waals surface area contributed by atoms with Gasteiger partial charge in [0.15, 0.2) is 0 Å². The molecule has 0 radical (unpaired) electrons. The number of rotatable bonds is 2. The molecule has 0 aromatic rings. The van der Waals surface area contributed by atoms with Crippen LogP contribution in [0.5, 0.6) is 0 Å². The van der Waals surface area contributed by atoms with Gasteiger partial charge in [-0.15, -0.1) is 0 Å². The Balaban J connectivity index is 2.01. The maximum atomic E-state index is 5.51. The number of fused-ring (bicyclic) bond motifs is 1. The highest BCUT2D eigenvalue weighted by atomic mass is 16.6. The molecule has 2 heterocycles. The van der Waals surface area contributed by atoms with Crippen molar-refractivity contribution in [2.45, 2.75) is 24.4 Å². The summed E-state index contributed by atoms with van der Waals surface area (Å²) >= 11 is 0. The third kappa shape index (κ3) is 1.15. The second-order valence-electron chi connectivity index (χ2n) is 3.14. The summed E-state index contributed by atoms with van der Waals surface area (Å²) in [7, 11) is 3.36. The van der Waals surface area contributed by atoms with Gasteiger partial charge in [0.1, 0.15) is 24.4 Å². The van der Waals surface area contributed by atoms with Crippen LogP contribution in [-0.4, -0.2) is 51.8 Å². The molecule has 0 amide bonds. The Labute approximate surface area is 71.7 Å². The molecule has 0 N–H and O–H groups in total.